The molecule has 6 heteroatoms. The van der Waals surface area contributed by atoms with Crippen LogP contribution >= 0.6 is 7.60 Å². The van der Waals surface area contributed by atoms with Crippen molar-refractivity contribution in [2.45, 2.75) is 19.7 Å². The molecule has 1 N–H and O–H groups in total. The van der Waals surface area contributed by atoms with Crippen molar-refractivity contribution in [3.05, 3.63) is 30.1 Å². The monoisotopic (exact) mass is 245 g/mol. The molecular formula is C10H16NO4P. The van der Waals surface area contributed by atoms with E-state index in [0.29, 0.717) is 5.56 Å². The van der Waals surface area contributed by atoms with Crippen molar-refractivity contribution in [1.82, 2.24) is 4.98 Å². The van der Waals surface area contributed by atoms with Crippen LogP contribution in [0.25, 0.3) is 0 Å². The summed E-state index contributed by atoms with van der Waals surface area (Å²) in [6.45, 7) is 3.83. The number of hydrogen-bond donors (Lipinski definition) is 1. The van der Waals surface area contributed by atoms with Crippen LogP contribution in [0.5, 0.6) is 0 Å². The van der Waals surface area contributed by atoms with E-state index in [4.69, 9.17) is 9.05 Å². The maximum atomic E-state index is 12.2. The van der Waals surface area contributed by atoms with Crippen LogP contribution in [0.3, 0.4) is 0 Å². The van der Waals surface area contributed by atoms with Crippen LogP contribution in [0, 0.1) is 0 Å². The van der Waals surface area contributed by atoms with Gasteiger partial charge in [-0.1, -0.05) is 6.07 Å². The highest BCUT2D eigenvalue weighted by Crippen LogP contribution is 2.59. The minimum absolute atomic E-state index is 0.217. The third kappa shape index (κ3) is 3.12. The molecule has 5 nitrogen and oxygen atoms in total. The van der Waals surface area contributed by atoms with E-state index in [-0.39, 0.29) is 13.2 Å². The lowest BCUT2D eigenvalue weighted by molar-refractivity contribution is 0.150. The highest BCUT2D eigenvalue weighted by Gasteiger charge is 2.35. The van der Waals surface area contributed by atoms with Crippen molar-refractivity contribution < 1.29 is 18.7 Å². The van der Waals surface area contributed by atoms with Crippen molar-refractivity contribution in [3.63, 3.8) is 0 Å². The molecule has 0 fully saturated rings. The zero-order valence-electron chi connectivity index (χ0n) is 9.37. The van der Waals surface area contributed by atoms with E-state index >= 15 is 0 Å². The van der Waals surface area contributed by atoms with Gasteiger partial charge >= 0.3 is 7.60 Å². The van der Waals surface area contributed by atoms with Crippen LogP contribution < -0.4 is 0 Å². The zero-order valence-corrected chi connectivity index (χ0v) is 10.3. The van der Waals surface area contributed by atoms with Gasteiger partial charge in [0.1, 0.15) is 0 Å². The van der Waals surface area contributed by atoms with Gasteiger partial charge in [0, 0.05) is 18.0 Å². The van der Waals surface area contributed by atoms with Gasteiger partial charge in [0.15, 0.2) is 5.85 Å². The summed E-state index contributed by atoms with van der Waals surface area (Å²) >= 11 is 0. The van der Waals surface area contributed by atoms with Crippen LogP contribution in [-0.4, -0.2) is 23.3 Å². The Labute approximate surface area is 95.0 Å². The summed E-state index contributed by atoms with van der Waals surface area (Å²) in [5.41, 5.74) is 0.424. The summed E-state index contributed by atoms with van der Waals surface area (Å²) in [6, 6.07) is 3.28. The van der Waals surface area contributed by atoms with Crippen LogP contribution in [0.4, 0.5) is 0 Å². The van der Waals surface area contributed by atoms with E-state index in [1.54, 1.807) is 32.2 Å². The molecule has 0 aliphatic heterocycles. The van der Waals surface area contributed by atoms with Crippen molar-refractivity contribution in [3.8, 4) is 0 Å². The highest BCUT2D eigenvalue weighted by molar-refractivity contribution is 7.54. The predicted molar refractivity (Wildman–Crippen MR) is 60.1 cm³/mol. The molecule has 0 saturated carbocycles. The number of hydrogen-bond acceptors (Lipinski definition) is 5. The fraction of sp³-hybridized carbons (Fsp3) is 0.500. The molecule has 0 amide bonds. The first-order valence-corrected chi connectivity index (χ1v) is 6.72. The minimum atomic E-state index is -3.52. The molecule has 0 saturated heterocycles. The van der Waals surface area contributed by atoms with Gasteiger partial charge in [-0.25, -0.2) is 0 Å². The Morgan fingerprint density at radius 1 is 1.44 bits per heavy atom. The molecule has 0 aliphatic rings. The van der Waals surface area contributed by atoms with Gasteiger partial charge in [0.05, 0.1) is 13.2 Å². The number of aromatic nitrogens is 1. The third-order valence-corrected chi connectivity index (χ3v) is 4.03. The molecule has 1 heterocycles. The molecule has 0 spiro atoms. The van der Waals surface area contributed by atoms with Gasteiger partial charge in [-0.05, 0) is 19.9 Å². The first-order chi connectivity index (χ1) is 7.64. The average molecular weight is 245 g/mol. The number of aliphatic hydroxyl groups excluding tert-OH is 1. The highest BCUT2D eigenvalue weighted by atomic mass is 31.2. The van der Waals surface area contributed by atoms with Gasteiger partial charge in [-0.2, -0.15) is 0 Å². The molecule has 1 rings (SSSR count). The van der Waals surface area contributed by atoms with Crippen LogP contribution in [0.15, 0.2) is 24.5 Å². The molecule has 0 unspecified atom stereocenters. The predicted octanol–water partition coefficient (Wildman–Crippen LogP) is 2.34. The number of nitrogens with zero attached hydrogens (tertiary/aromatic N) is 1. The van der Waals surface area contributed by atoms with Crippen LogP contribution in [-0.2, 0) is 13.6 Å². The maximum absolute atomic E-state index is 12.2. The molecule has 0 bridgehead atoms. The van der Waals surface area contributed by atoms with Crippen LogP contribution in [0.1, 0.15) is 25.3 Å². The Morgan fingerprint density at radius 3 is 2.50 bits per heavy atom. The van der Waals surface area contributed by atoms with Crippen molar-refractivity contribution in [1.29, 1.82) is 0 Å². The second-order valence-electron chi connectivity index (χ2n) is 3.04. The molecule has 16 heavy (non-hydrogen) atoms. The Bertz CT molecular complexity index is 347. The summed E-state index contributed by atoms with van der Waals surface area (Å²) in [4.78, 5) is 3.85. The second kappa shape index (κ2) is 6.11. The molecular weight excluding hydrogens is 229 g/mol. The number of pyridine rings is 1. The summed E-state index contributed by atoms with van der Waals surface area (Å²) in [7, 11) is -3.52. The van der Waals surface area contributed by atoms with Crippen molar-refractivity contribution in [2.75, 3.05) is 13.2 Å². The number of rotatable bonds is 6. The summed E-state index contributed by atoms with van der Waals surface area (Å²) in [6.07, 6.45) is 3.01. The third-order valence-electron chi connectivity index (χ3n) is 1.90. The molecule has 0 aliphatic carbocycles. The molecule has 90 valence electrons. The summed E-state index contributed by atoms with van der Waals surface area (Å²) in [5.74, 6) is -1.29. The Kier molecular flexibility index (Phi) is 5.09. The Morgan fingerprint density at radius 2 is 2.06 bits per heavy atom. The van der Waals surface area contributed by atoms with E-state index in [1.165, 1.54) is 6.20 Å². The normalized spacial score (nSPS) is 13.7. The number of aliphatic hydroxyl groups is 1. The van der Waals surface area contributed by atoms with Gasteiger partial charge in [0.2, 0.25) is 0 Å². The molecule has 0 aromatic carbocycles. The molecule has 1 atom stereocenters. The molecule has 1 aromatic heterocycles. The molecule has 0 radical (unpaired) electrons. The average Bonchev–Trinajstić information content (AvgIpc) is 2.30. The van der Waals surface area contributed by atoms with Gasteiger partial charge in [-0.15, -0.1) is 0 Å². The first kappa shape index (κ1) is 13.3. The van der Waals surface area contributed by atoms with E-state index < -0.39 is 13.4 Å². The van der Waals surface area contributed by atoms with E-state index in [2.05, 4.69) is 4.98 Å². The fourth-order valence-electron chi connectivity index (χ4n) is 1.25. The second-order valence-corrected chi connectivity index (χ2v) is 5.12. The van der Waals surface area contributed by atoms with E-state index in [9.17, 15) is 9.67 Å². The zero-order chi connectivity index (χ0) is 12.0. The Hall–Kier alpha value is -0.740. The Balaban J connectivity index is 2.91. The standard InChI is InChI=1S/C10H16NO4P/c1-3-14-16(13,15-4-2)10(12)9-6-5-7-11-8-9/h5-8,10,12H,3-4H2,1-2H3/t10-/m1/s1. The van der Waals surface area contributed by atoms with Crippen molar-refractivity contribution >= 4 is 7.60 Å². The van der Waals surface area contributed by atoms with E-state index in [0.717, 1.165) is 0 Å². The summed E-state index contributed by atoms with van der Waals surface area (Å²) < 4.78 is 22.3. The smallest absolute Gasteiger partial charge is 0.363 e. The minimum Gasteiger partial charge on any atom is -0.376 e. The van der Waals surface area contributed by atoms with Gasteiger partial charge < -0.3 is 14.2 Å². The topological polar surface area (TPSA) is 68.7 Å². The first-order valence-electron chi connectivity index (χ1n) is 5.10. The fourth-order valence-corrected chi connectivity index (χ4v) is 2.84. The summed E-state index contributed by atoms with van der Waals surface area (Å²) in [5, 5.41) is 9.95. The van der Waals surface area contributed by atoms with Crippen molar-refractivity contribution in [2.24, 2.45) is 0 Å². The lowest BCUT2D eigenvalue weighted by Crippen LogP contribution is -2.06. The quantitative estimate of drug-likeness (QED) is 0.779. The maximum Gasteiger partial charge on any atom is 0.363 e. The van der Waals surface area contributed by atoms with Gasteiger partial charge in [0.25, 0.3) is 0 Å². The van der Waals surface area contributed by atoms with E-state index in [1.807, 2.05) is 0 Å². The molecule has 1 aromatic rings. The lowest BCUT2D eigenvalue weighted by Gasteiger charge is -2.22. The largest absolute Gasteiger partial charge is 0.376 e. The lowest BCUT2D eigenvalue weighted by atomic mass is 10.3. The van der Waals surface area contributed by atoms with Crippen LogP contribution in [0.2, 0.25) is 0 Å². The van der Waals surface area contributed by atoms with Gasteiger partial charge in [-0.3, -0.25) is 9.55 Å². The SMILES string of the molecule is CCOP(=O)(OCC)[C@@H](O)c1cccnc1.